The molecule has 0 saturated carbocycles. The Balaban J connectivity index is 2.56. The van der Waals surface area contributed by atoms with E-state index in [0.29, 0.717) is 6.54 Å². The zero-order valence-corrected chi connectivity index (χ0v) is 13.2. The Bertz CT molecular complexity index is 908. The minimum absolute atomic E-state index is 0.0123. The van der Waals surface area contributed by atoms with Gasteiger partial charge in [0.2, 0.25) is 0 Å². The lowest BCUT2D eigenvalue weighted by atomic mass is 9.94. The fourth-order valence-electron chi connectivity index (χ4n) is 2.99. The van der Waals surface area contributed by atoms with E-state index in [-0.39, 0.29) is 5.56 Å². The third-order valence-corrected chi connectivity index (χ3v) is 4.39. The fourth-order valence-corrected chi connectivity index (χ4v) is 2.99. The number of nitrogens with two attached hydrogens (primary N) is 1. The van der Waals surface area contributed by atoms with Gasteiger partial charge in [-0.2, -0.15) is 0 Å². The van der Waals surface area contributed by atoms with Gasteiger partial charge in [0.15, 0.2) is 0 Å². The van der Waals surface area contributed by atoms with E-state index >= 15 is 0 Å². The van der Waals surface area contributed by atoms with Crippen LogP contribution in [0.15, 0.2) is 47.3 Å². The van der Waals surface area contributed by atoms with Crippen LogP contribution in [0.3, 0.4) is 0 Å². The molecule has 0 saturated heterocycles. The van der Waals surface area contributed by atoms with Crippen molar-refractivity contribution in [3.8, 4) is 11.1 Å². The number of rotatable bonds is 2. The molecule has 0 spiro atoms. The van der Waals surface area contributed by atoms with Gasteiger partial charge in [-0.15, -0.1) is 0 Å². The summed E-state index contributed by atoms with van der Waals surface area (Å²) in [6.07, 6.45) is 0. The van der Waals surface area contributed by atoms with Crippen molar-refractivity contribution in [1.29, 1.82) is 0 Å². The first-order chi connectivity index (χ1) is 10.5. The highest BCUT2D eigenvalue weighted by Gasteiger charge is 2.16. The molecular weight excluding hydrogens is 272 g/mol. The quantitative estimate of drug-likeness (QED) is 0.788. The number of nitrogens with zero attached hydrogens (tertiary/aromatic N) is 1. The Morgan fingerprint density at radius 1 is 1.00 bits per heavy atom. The van der Waals surface area contributed by atoms with Crippen molar-refractivity contribution in [1.82, 2.24) is 4.57 Å². The molecule has 1 aromatic heterocycles. The number of hydrogen-bond acceptors (Lipinski definition) is 2. The predicted molar refractivity (Wildman–Crippen MR) is 92.0 cm³/mol. The zero-order chi connectivity index (χ0) is 15.9. The number of aryl methyl sites for hydroxylation is 2. The minimum atomic E-state index is 0.0123. The first kappa shape index (κ1) is 14.5. The maximum Gasteiger partial charge on any atom is 0.258 e. The Hall–Kier alpha value is -2.39. The molecule has 3 rings (SSSR count). The Kier molecular flexibility index (Phi) is 3.59. The van der Waals surface area contributed by atoms with Crippen LogP contribution in [-0.4, -0.2) is 4.57 Å². The molecule has 0 bridgehead atoms. The molecule has 0 aliphatic heterocycles. The van der Waals surface area contributed by atoms with E-state index in [0.717, 1.165) is 33.2 Å². The van der Waals surface area contributed by atoms with Crippen LogP contribution in [0.5, 0.6) is 0 Å². The molecule has 3 heteroatoms. The van der Waals surface area contributed by atoms with Crippen molar-refractivity contribution in [2.24, 2.45) is 12.8 Å². The monoisotopic (exact) mass is 292 g/mol. The van der Waals surface area contributed by atoms with Crippen molar-refractivity contribution in [2.75, 3.05) is 0 Å². The maximum atomic E-state index is 12.7. The second-order valence-corrected chi connectivity index (χ2v) is 5.74. The van der Waals surface area contributed by atoms with Crippen LogP contribution in [0, 0.1) is 13.8 Å². The predicted octanol–water partition coefficient (Wildman–Crippen LogP) is 3.28. The van der Waals surface area contributed by atoms with Crippen LogP contribution < -0.4 is 11.3 Å². The number of fused-ring (bicyclic) bond motifs is 1. The van der Waals surface area contributed by atoms with E-state index in [2.05, 4.69) is 25.1 Å². The van der Waals surface area contributed by atoms with Gasteiger partial charge in [-0.3, -0.25) is 4.79 Å². The van der Waals surface area contributed by atoms with Gasteiger partial charge in [0.05, 0.1) is 0 Å². The lowest BCUT2D eigenvalue weighted by Gasteiger charge is -2.17. The topological polar surface area (TPSA) is 48.0 Å². The largest absolute Gasteiger partial charge is 0.325 e. The molecule has 2 aromatic carbocycles. The van der Waals surface area contributed by atoms with E-state index in [1.165, 1.54) is 5.56 Å². The fraction of sp³-hybridized carbons (Fsp3) is 0.211. The Morgan fingerprint density at radius 3 is 2.18 bits per heavy atom. The first-order valence-electron chi connectivity index (χ1n) is 7.43. The summed E-state index contributed by atoms with van der Waals surface area (Å²) in [5.41, 5.74) is 11.3. The minimum Gasteiger partial charge on any atom is -0.325 e. The number of aromatic nitrogens is 1. The second kappa shape index (κ2) is 5.43. The molecule has 22 heavy (non-hydrogen) atoms. The number of hydrogen-bond donors (Lipinski definition) is 1. The van der Waals surface area contributed by atoms with Crippen LogP contribution in [0.2, 0.25) is 0 Å². The van der Waals surface area contributed by atoms with Crippen molar-refractivity contribution in [3.05, 3.63) is 69.6 Å². The highest BCUT2D eigenvalue weighted by Crippen LogP contribution is 2.31. The highest BCUT2D eigenvalue weighted by atomic mass is 16.1. The standard InChI is InChI=1S/C19H20N2O/c1-12-9-15-16(10-13(12)2)19(22)21(3)17(11-20)18(15)14-7-5-4-6-8-14/h4-10H,11,20H2,1-3H3. The van der Waals surface area contributed by atoms with Crippen molar-refractivity contribution in [2.45, 2.75) is 20.4 Å². The number of benzene rings is 2. The highest BCUT2D eigenvalue weighted by molar-refractivity contribution is 5.98. The lowest BCUT2D eigenvalue weighted by Crippen LogP contribution is -2.23. The summed E-state index contributed by atoms with van der Waals surface area (Å²) < 4.78 is 1.68. The first-order valence-corrected chi connectivity index (χ1v) is 7.43. The smallest absolute Gasteiger partial charge is 0.258 e. The van der Waals surface area contributed by atoms with Crippen LogP contribution in [0.1, 0.15) is 16.8 Å². The normalized spacial score (nSPS) is 11.1. The van der Waals surface area contributed by atoms with E-state index < -0.39 is 0 Å². The van der Waals surface area contributed by atoms with Gasteiger partial charge in [0.25, 0.3) is 5.56 Å². The molecule has 3 nitrogen and oxygen atoms in total. The van der Waals surface area contributed by atoms with Crippen LogP contribution >= 0.6 is 0 Å². The third kappa shape index (κ3) is 2.14. The molecule has 0 aliphatic rings. The Labute approximate surface area is 130 Å². The molecule has 0 radical (unpaired) electrons. The molecule has 1 heterocycles. The van der Waals surface area contributed by atoms with Gasteiger partial charge >= 0.3 is 0 Å². The lowest BCUT2D eigenvalue weighted by molar-refractivity contribution is 0.784. The van der Waals surface area contributed by atoms with Crippen LogP contribution in [0.25, 0.3) is 21.9 Å². The van der Waals surface area contributed by atoms with Crippen LogP contribution in [0.4, 0.5) is 0 Å². The molecule has 0 amide bonds. The van der Waals surface area contributed by atoms with Crippen molar-refractivity contribution < 1.29 is 0 Å². The van der Waals surface area contributed by atoms with E-state index in [1.807, 2.05) is 31.2 Å². The molecule has 0 unspecified atom stereocenters. The van der Waals surface area contributed by atoms with Gasteiger partial charge in [-0.1, -0.05) is 36.4 Å². The second-order valence-electron chi connectivity index (χ2n) is 5.74. The summed E-state index contributed by atoms with van der Waals surface area (Å²) in [4.78, 5) is 12.7. The summed E-state index contributed by atoms with van der Waals surface area (Å²) in [5.74, 6) is 0. The van der Waals surface area contributed by atoms with Crippen molar-refractivity contribution >= 4 is 10.8 Å². The van der Waals surface area contributed by atoms with Crippen molar-refractivity contribution in [3.63, 3.8) is 0 Å². The Morgan fingerprint density at radius 2 is 1.59 bits per heavy atom. The van der Waals surface area contributed by atoms with E-state index in [9.17, 15) is 4.79 Å². The van der Waals surface area contributed by atoms with Gasteiger partial charge in [0, 0.05) is 30.2 Å². The number of pyridine rings is 1. The molecule has 2 N–H and O–H groups in total. The molecule has 0 aliphatic carbocycles. The zero-order valence-electron chi connectivity index (χ0n) is 13.2. The summed E-state index contributed by atoms with van der Waals surface area (Å²) in [7, 11) is 1.80. The summed E-state index contributed by atoms with van der Waals surface area (Å²) >= 11 is 0. The maximum absolute atomic E-state index is 12.7. The van der Waals surface area contributed by atoms with E-state index in [4.69, 9.17) is 5.73 Å². The van der Waals surface area contributed by atoms with Gasteiger partial charge in [-0.25, -0.2) is 0 Å². The SMILES string of the molecule is Cc1cc2c(-c3ccccc3)c(CN)n(C)c(=O)c2cc1C. The molecular formula is C19H20N2O. The summed E-state index contributed by atoms with van der Waals surface area (Å²) in [6, 6.07) is 14.2. The third-order valence-electron chi connectivity index (χ3n) is 4.39. The molecule has 112 valence electrons. The van der Waals surface area contributed by atoms with Gasteiger partial charge < -0.3 is 10.3 Å². The van der Waals surface area contributed by atoms with E-state index in [1.54, 1.807) is 11.6 Å². The summed E-state index contributed by atoms with van der Waals surface area (Å²) in [5, 5.41) is 1.74. The average molecular weight is 292 g/mol. The summed E-state index contributed by atoms with van der Waals surface area (Å²) in [6.45, 7) is 4.44. The average Bonchev–Trinajstić information content (AvgIpc) is 2.53. The van der Waals surface area contributed by atoms with Gasteiger partial charge in [-0.05, 0) is 42.0 Å². The molecule has 3 aromatic rings. The van der Waals surface area contributed by atoms with Crippen LogP contribution in [-0.2, 0) is 13.6 Å². The van der Waals surface area contributed by atoms with Gasteiger partial charge in [0.1, 0.15) is 0 Å². The molecule has 0 atom stereocenters. The molecule has 0 fully saturated rings.